The highest BCUT2D eigenvalue weighted by Crippen LogP contribution is 2.21. The lowest BCUT2D eigenvalue weighted by atomic mass is 10.2. The number of hydrogen-bond donors (Lipinski definition) is 1. The molecule has 0 spiro atoms. The molecule has 0 saturated carbocycles. The molecule has 1 saturated heterocycles. The van der Waals surface area contributed by atoms with E-state index in [0.29, 0.717) is 43.3 Å². The van der Waals surface area contributed by atoms with Crippen LogP contribution in [0.15, 0.2) is 9.59 Å². The highest BCUT2D eigenvalue weighted by atomic mass is 16.6. The molecule has 0 atom stereocenters. The number of aromatic nitrogens is 4. The number of piperazine rings is 1. The Morgan fingerprint density at radius 3 is 2.38 bits per heavy atom. The van der Waals surface area contributed by atoms with Crippen molar-refractivity contribution in [1.29, 1.82) is 0 Å². The Kier molecular flexibility index (Phi) is 6.64. The summed E-state index contributed by atoms with van der Waals surface area (Å²) in [6.45, 7) is 9.69. The number of anilines is 1. The maximum atomic E-state index is 13.1. The van der Waals surface area contributed by atoms with Crippen LogP contribution in [0, 0.1) is 11.8 Å². The average molecular weight is 446 g/mol. The van der Waals surface area contributed by atoms with Crippen LogP contribution in [-0.4, -0.2) is 68.0 Å². The fourth-order valence-corrected chi connectivity index (χ4v) is 3.65. The summed E-state index contributed by atoms with van der Waals surface area (Å²) in [4.78, 5) is 46.5. The molecule has 174 valence electrons. The van der Waals surface area contributed by atoms with Crippen molar-refractivity contribution in [2.75, 3.05) is 37.6 Å². The Bertz CT molecular complexity index is 1180. The molecule has 3 rings (SSSR count). The van der Waals surface area contributed by atoms with Gasteiger partial charge in [-0.2, -0.15) is 4.98 Å². The molecule has 1 amide bonds. The van der Waals surface area contributed by atoms with Crippen LogP contribution in [0.25, 0.3) is 11.2 Å². The number of carbonyl (C=O) groups excluding carboxylic acids is 1. The van der Waals surface area contributed by atoms with Crippen LogP contribution in [0.1, 0.15) is 27.7 Å². The second-order valence-electron chi connectivity index (χ2n) is 8.64. The SMILES string of the molecule is CC#CCn1c(N2CCN(C(=O)OC(C)(C)C)CC2)nc2c1c(=O)n(CCN)c(=O)n2C. The van der Waals surface area contributed by atoms with Crippen molar-refractivity contribution in [3.63, 3.8) is 0 Å². The van der Waals surface area contributed by atoms with Gasteiger partial charge in [-0.05, 0) is 27.7 Å². The Morgan fingerprint density at radius 2 is 1.81 bits per heavy atom. The lowest BCUT2D eigenvalue weighted by Gasteiger charge is -2.36. The van der Waals surface area contributed by atoms with Gasteiger partial charge in [0.1, 0.15) is 5.60 Å². The van der Waals surface area contributed by atoms with Crippen LogP contribution in [0.5, 0.6) is 0 Å². The minimum absolute atomic E-state index is 0.121. The molecule has 2 aromatic heterocycles. The third-order valence-electron chi connectivity index (χ3n) is 5.19. The number of nitrogens with zero attached hydrogens (tertiary/aromatic N) is 6. The molecule has 0 aliphatic carbocycles. The first-order valence-corrected chi connectivity index (χ1v) is 10.6. The number of rotatable bonds is 4. The fraction of sp³-hybridized carbons (Fsp3) is 0.619. The summed E-state index contributed by atoms with van der Waals surface area (Å²) in [5, 5.41) is 0. The second-order valence-corrected chi connectivity index (χ2v) is 8.64. The molecule has 1 aliphatic rings. The van der Waals surface area contributed by atoms with Gasteiger partial charge in [-0.1, -0.05) is 5.92 Å². The van der Waals surface area contributed by atoms with Gasteiger partial charge < -0.3 is 20.3 Å². The van der Waals surface area contributed by atoms with Gasteiger partial charge in [-0.3, -0.25) is 18.5 Å². The van der Waals surface area contributed by atoms with Gasteiger partial charge in [0.25, 0.3) is 5.56 Å². The van der Waals surface area contributed by atoms with Gasteiger partial charge in [-0.15, -0.1) is 5.92 Å². The van der Waals surface area contributed by atoms with E-state index in [1.807, 2.05) is 25.7 Å². The number of nitrogens with two attached hydrogens (primary N) is 1. The van der Waals surface area contributed by atoms with E-state index >= 15 is 0 Å². The Hall–Kier alpha value is -3.26. The molecule has 2 N–H and O–H groups in total. The first kappa shape index (κ1) is 23.4. The molecule has 11 nitrogen and oxygen atoms in total. The molecule has 2 aromatic rings. The second kappa shape index (κ2) is 9.08. The first-order valence-electron chi connectivity index (χ1n) is 10.6. The van der Waals surface area contributed by atoms with Gasteiger partial charge in [0, 0.05) is 46.3 Å². The molecular formula is C21H31N7O4. The smallest absolute Gasteiger partial charge is 0.410 e. The van der Waals surface area contributed by atoms with Crippen LogP contribution >= 0.6 is 0 Å². The lowest BCUT2D eigenvalue weighted by molar-refractivity contribution is 0.0240. The van der Waals surface area contributed by atoms with E-state index in [0.717, 1.165) is 4.57 Å². The largest absolute Gasteiger partial charge is 0.444 e. The summed E-state index contributed by atoms with van der Waals surface area (Å²) < 4.78 is 9.69. The summed E-state index contributed by atoms with van der Waals surface area (Å²) in [7, 11) is 1.59. The monoisotopic (exact) mass is 445 g/mol. The molecule has 3 heterocycles. The zero-order valence-corrected chi connectivity index (χ0v) is 19.3. The number of fused-ring (bicyclic) bond motifs is 1. The molecule has 0 radical (unpaired) electrons. The minimum atomic E-state index is -0.560. The maximum Gasteiger partial charge on any atom is 0.410 e. The lowest BCUT2D eigenvalue weighted by Crippen LogP contribution is -2.50. The Labute approximate surface area is 186 Å². The summed E-state index contributed by atoms with van der Waals surface area (Å²) in [6.07, 6.45) is -0.352. The van der Waals surface area contributed by atoms with Gasteiger partial charge in [0.2, 0.25) is 5.95 Å². The fourth-order valence-electron chi connectivity index (χ4n) is 3.65. The van der Waals surface area contributed by atoms with Gasteiger partial charge in [0.05, 0.1) is 6.54 Å². The van der Waals surface area contributed by atoms with E-state index in [1.54, 1.807) is 23.4 Å². The highest BCUT2D eigenvalue weighted by Gasteiger charge is 2.29. The average Bonchev–Trinajstić information content (AvgIpc) is 3.12. The van der Waals surface area contributed by atoms with Crippen molar-refractivity contribution >= 4 is 23.2 Å². The van der Waals surface area contributed by atoms with Crippen molar-refractivity contribution in [2.45, 2.75) is 46.4 Å². The first-order chi connectivity index (χ1) is 15.1. The third kappa shape index (κ3) is 4.50. The predicted octanol–water partition coefficient (Wildman–Crippen LogP) is -0.0642. The van der Waals surface area contributed by atoms with Crippen LogP contribution in [0.3, 0.4) is 0 Å². The molecule has 32 heavy (non-hydrogen) atoms. The van der Waals surface area contributed by atoms with Gasteiger partial charge >= 0.3 is 11.8 Å². The van der Waals surface area contributed by atoms with Crippen molar-refractivity contribution in [3.8, 4) is 11.8 Å². The number of hydrogen-bond acceptors (Lipinski definition) is 7. The molecule has 1 fully saturated rings. The van der Waals surface area contributed by atoms with Crippen LogP contribution in [-0.2, 0) is 24.9 Å². The molecule has 1 aliphatic heterocycles. The van der Waals surface area contributed by atoms with Gasteiger partial charge in [0.15, 0.2) is 11.2 Å². The summed E-state index contributed by atoms with van der Waals surface area (Å²) >= 11 is 0. The summed E-state index contributed by atoms with van der Waals surface area (Å²) in [5.74, 6) is 6.38. The number of amides is 1. The van der Waals surface area contributed by atoms with Crippen LogP contribution < -0.4 is 21.9 Å². The van der Waals surface area contributed by atoms with Crippen LogP contribution in [0.2, 0.25) is 0 Å². The summed E-state index contributed by atoms with van der Waals surface area (Å²) in [6, 6.07) is 0. The van der Waals surface area contributed by atoms with E-state index in [-0.39, 0.29) is 25.7 Å². The Morgan fingerprint density at radius 1 is 1.16 bits per heavy atom. The number of imidazole rings is 1. The molecule has 0 bridgehead atoms. The van der Waals surface area contributed by atoms with Crippen molar-refractivity contribution in [3.05, 3.63) is 20.8 Å². The summed E-state index contributed by atoms with van der Waals surface area (Å²) in [5.41, 5.74) is 4.77. The normalized spacial score (nSPS) is 14.4. The Balaban J connectivity index is 2.00. The maximum absolute atomic E-state index is 13.1. The van der Waals surface area contributed by atoms with E-state index in [4.69, 9.17) is 10.5 Å². The zero-order chi connectivity index (χ0) is 23.6. The highest BCUT2D eigenvalue weighted by molar-refractivity contribution is 5.75. The number of ether oxygens (including phenoxy) is 1. The molecule has 0 unspecified atom stereocenters. The van der Waals surface area contributed by atoms with E-state index in [2.05, 4.69) is 16.8 Å². The van der Waals surface area contributed by atoms with E-state index < -0.39 is 16.9 Å². The van der Waals surface area contributed by atoms with Crippen molar-refractivity contribution in [2.24, 2.45) is 12.8 Å². The number of carbonyl (C=O) groups is 1. The number of aryl methyl sites for hydroxylation is 1. The van der Waals surface area contributed by atoms with Gasteiger partial charge in [-0.25, -0.2) is 9.59 Å². The predicted molar refractivity (Wildman–Crippen MR) is 122 cm³/mol. The van der Waals surface area contributed by atoms with Crippen molar-refractivity contribution in [1.82, 2.24) is 23.6 Å². The molecule has 11 heteroatoms. The van der Waals surface area contributed by atoms with Crippen molar-refractivity contribution < 1.29 is 9.53 Å². The third-order valence-corrected chi connectivity index (χ3v) is 5.19. The quantitative estimate of drug-likeness (QED) is 0.654. The minimum Gasteiger partial charge on any atom is -0.444 e. The zero-order valence-electron chi connectivity index (χ0n) is 19.3. The molecular weight excluding hydrogens is 414 g/mol. The van der Waals surface area contributed by atoms with Crippen LogP contribution in [0.4, 0.5) is 10.7 Å². The van der Waals surface area contributed by atoms with E-state index in [1.165, 1.54) is 4.57 Å². The van der Waals surface area contributed by atoms with E-state index in [9.17, 15) is 14.4 Å². The standard InChI is InChI=1S/C21H31N7O4/c1-6-7-9-27-15-16(24(5)19(30)28(10-8-22)17(15)29)23-18(27)25-11-13-26(14-12-25)20(31)32-21(2,3)4/h8-14,22H2,1-5H3. The topological polar surface area (TPSA) is 121 Å². The molecule has 0 aromatic carbocycles.